The lowest BCUT2D eigenvalue weighted by Gasteiger charge is -2.19. The molecule has 0 radical (unpaired) electrons. The number of rotatable bonds is 5. The number of fused-ring (bicyclic) bond motifs is 1. The van der Waals surface area contributed by atoms with Gasteiger partial charge >= 0.3 is 5.69 Å². The summed E-state index contributed by atoms with van der Waals surface area (Å²) in [5, 5.41) is 3.23. The first kappa shape index (κ1) is 19.6. The second-order valence-corrected chi connectivity index (χ2v) is 7.05. The number of hydrogen-bond acceptors (Lipinski definition) is 3. The van der Waals surface area contributed by atoms with Crippen molar-refractivity contribution in [3.05, 3.63) is 74.4 Å². The number of amides is 1. The summed E-state index contributed by atoms with van der Waals surface area (Å²) < 4.78 is 2.55. The van der Waals surface area contributed by atoms with Gasteiger partial charge in [0.05, 0.1) is 16.6 Å². The predicted octanol–water partition coefficient (Wildman–Crippen LogP) is 2.86. The second kappa shape index (κ2) is 7.84. The van der Waals surface area contributed by atoms with Crippen molar-refractivity contribution in [3.8, 4) is 5.69 Å². The molecule has 1 N–H and O–H groups in total. The van der Waals surface area contributed by atoms with Crippen LogP contribution in [0.15, 0.2) is 52.1 Å². The van der Waals surface area contributed by atoms with E-state index < -0.39 is 11.7 Å². The van der Waals surface area contributed by atoms with E-state index in [0.717, 1.165) is 22.1 Å². The molecule has 146 valence electrons. The number of para-hydroxylation sites is 1. The van der Waals surface area contributed by atoms with Crippen LogP contribution in [0.1, 0.15) is 37.4 Å². The Kier molecular flexibility index (Phi) is 5.49. The Balaban J connectivity index is 2.32. The molecule has 0 spiro atoms. The number of benzene rings is 2. The Bertz CT molecular complexity index is 1160. The highest BCUT2D eigenvalue weighted by molar-refractivity contribution is 5.84. The zero-order valence-corrected chi connectivity index (χ0v) is 16.7. The van der Waals surface area contributed by atoms with Gasteiger partial charge in [-0.3, -0.25) is 14.2 Å². The van der Waals surface area contributed by atoms with Gasteiger partial charge < -0.3 is 5.32 Å². The molecule has 1 atom stereocenters. The average molecular weight is 379 g/mol. The number of hydrogen-bond donors (Lipinski definition) is 1. The van der Waals surface area contributed by atoms with Crippen molar-refractivity contribution in [2.75, 3.05) is 6.54 Å². The normalized spacial score (nSPS) is 12.1. The van der Waals surface area contributed by atoms with Gasteiger partial charge in [-0.2, -0.15) is 0 Å². The zero-order chi connectivity index (χ0) is 20.4. The van der Waals surface area contributed by atoms with E-state index >= 15 is 0 Å². The van der Waals surface area contributed by atoms with Crippen LogP contribution in [0.5, 0.6) is 0 Å². The first-order chi connectivity index (χ1) is 13.4. The number of carbonyl (C=O) groups is 1. The summed E-state index contributed by atoms with van der Waals surface area (Å²) in [6.07, 6.45) is 0.802. The minimum absolute atomic E-state index is 0.251. The summed E-state index contributed by atoms with van der Waals surface area (Å²) in [6.45, 7) is 8.08. The van der Waals surface area contributed by atoms with Gasteiger partial charge in [0.15, 0.2) is 0 Å². The van der Waals surface area contributed by atoms with Crippen LogP contribution < -0.4 is 16.6 Å². The molecular formula is C22H25N3O3. The molecule has 1 unspecified atom stereocenters. The van der Waals surface area contributed by atoms with E-state index in [0.29, 0.717) is 23.1 Å². The van der Waals surface area contributed by atoms with Crippen molar-refractivity contribution in [1.29, 1.82) is 0 Å². The molecule has 2 aromatic carbocycles. The summed E-state index contributed by atoms with van der Waals surface area (Å²) >= 11 is 0. The van der Waals surface area contributed by atoms with Crippen LogP contribution >= 0.6 is 0 Å². The molecule has 3 rings (SSSR count). The summed E-state index contributed by atoms with van der Waals surface area (Å²) in [4.78, 5) is 39.0. The molecule has 6 heteroatoms. The third kappa shape index (κ3) is 3.38. The molecule has 1 amide bonds. The van der Waals surface area contributed by atoms with E-state index in [1.165, 1.54) is 4.57 Å². The van der Waals surface area contributed by atoms with Crippen LogP contribution in [0.4, 0.5) is 0 Å². The van der Waals surface area contributed by atoms with Crippen LogP contribution in [-0.4, -0.2) is 21.6 Å². The Morgan fingerprint density at radius 1 is 1.07 bits per heavy atom. The van der Waals surface area contributed by atoms with E-state index in [1.807, 2.05) is 32.9 Å². The first-order valence-corrected chi connectivity index (χ1v) is 9.48. The lowest BCUT2D eigenvalue weighted by atomic mass is 10.1. The van der Waals surface area contributed by atoms with Crippen molar-refractivity contribution >= 4 is 16.8 Å². The summed E-state index contributed by atoms with van der Waals surface area (Å²) in [5.41, 5.74) is 2.10. The largest absolute Gasteiger partial charge is 0.354 e. The third-order valence-electron chi connectivity index (χ3n) is 5.06. The van der Waals surface area contributed by atoms with Crippen LogP contribution in [-0.2, 0) is 4.79 Å². The fourth-order valence-corrected chi connectivity index (χ4v) is 3.26. The Morgan fingerprint density at radius 2 is 1.79 bits per heavy atom. The van der Waals surface area contributed by atoms with Crippen LogP contribution in [0.3, 0.4) is 0 Å². The number of carbonyl (C=O) groups excluding carboxylic acids is 1. The summed E-state index contributed by atoms with van der Waals surface area (Å²) in [6, 6.07) is 11.6. The van der Waals surface area contributed by atoms with E-state index in [4.69, 9.17) is 0 Å². The maximum absolute atomic E-state index is 13.4. The molecule has 28 heavy (non-hydrogen) atoms. The molecule has 0 fully saturated rings. The molecule has 0 aliphatic heterocycles. The SMILES string of the molecule is CCCNC(=O)C(C)n1c(=O)n(-c2ccc(C)c(C)c2)c(=O)c2ccccc21. The number of aromatic nitrogens is 2. The van der Waals surface area contributed by atoms with Crippen LogP contribution in [0, 0.1) is 13.8 Å². The van der Waals surface area contributed by atoms with Gasteiger partial charge in [0.2, 0.25) is 5.91 Å². The lowest BCUT2D eigenvalue weighted by Crippen LogP contribution is -2.43. The van der Waals surface area contributed by atoms with Crippen LogP contribution in [0.25, 0.3) is 16.6 Å². The molecule has 1 heterocycles. The highest BCUT2D eigenvalue weighted by Gasteiger charge is 2.22. The van der Waals surface area contributed by atoms with E-state index in [2.05, 4.69) is 5.32 Å². The second-order valence-electron chi connectivity index (χ2n) is 7.05. The molecule has 6 nitrogen and oxygen atoms in total. The quantitative estimate of drug-likeness (QED) is 0.741. The monoisotopic (exact) mass is 379 g/mol. The Hall–Kier alpha value is -3.15. The van der Waals surface area contributed by atoms with Crippen molar-refractivity contribution in [1.82, 2.24) is 14.5 Å². The van der Waals surface area contributed by atoms with E-state index in [9.17, 15) is 14.4 Å². The van der Waals surface area contributed by atoms with Crippen molar-refractivity contribution < 1.29 is 4.79 Å². The van der Waals surface area contributed by atoms with Crippen molar-refractivity contribution in [3.63, 3.8) is 0 Å². The Morgan fingerprint density at radius 3 is 2.46 bits per heavy atom. The highest BCUT2D eigenvalue weighted by Crippen LogP contribution is 2.16. The minimum atomic E-state index is -0.748. The molecular weight excluding hydrogens is 354 g/mol. The highest BCUT2D eigenvalue weighted by atomic mass is 16.2. The summed E-state index contributed by atoms with van der Waals surface area (Å²) in [7, 11) is 0. The number of nitrogens with zero attached hydrogens (tertiary/aromatic N) is 2. The van der Waals surface area contributed by atoms with Gasteiger partial charge in [0.1, 0.15) is 6.04 Å². The van der Waals surface area contributed by atoms with Gasteiger partial charge in [-0.1, -0.05) is 25.1 Å². The number of aryl methyl sites for hydroxylation is 2. The van der Waals surface area contributed by atoms with Gasteiger partial charge in [0.25, 0.3) is 5.56 Å². The third-order valence-corrected chi connectivity index (χ3v) is 5.06. The average Bonchev–Trinajstić information content (AvgIpc) is 2.68. The smallest absolute Gasteiger partial charge is 0.336 e. The molecule has 0 aliphatic rings. The standard InChI is InChI=1S/C22H25N3O3/c1-5-12-23-20(26)16(4)24-19-9-7-6-8-18(19)21(27)25(22(24)28)17-11-10-14(2)15(3)13-17/h6-11,13,16H,5,12H2,1-4H3,(H,23,26). The molecule has 0 saturated carbocycles. The van der Waals surface area contributed by atoms with Gasteiger partial charge in [0, 0.05) is 6.54 Å². The van der Waals surface area contributed by atoms with Gasteiger partial charge in [-0.05, 0) is 62.6 Å². The van der Waals surface area contributed by atoms with Crippen molar-refractivity contribution in [2.45, 2.75) is 40.2 Å². The molecule has 3 aromatic rings. The van der Waals surface area contributed by atoms with E-state index in [1.54, 1.807) is 37.3 Å². The predicted molar refractivity (Wildman–Crippen MR) is 111 cm³/mol. The fourth-order valence-electron chi connectivity index (χ4n) is 3.26. The number of nitrogens with one attached hydrogen (secondary N) is 1. The maximum Gasteiger partial charge on any atom is 0.336 e. The lowest BCUT2D eigenvalue weighted by molar-refractivity contribution is -0.123. The van der Waals surface area contributed by atoms with Gasteiger partial charge in [-0.15, -0.1) is 0 Å². The van der Waals surface area contributed by atoms with Gasteiger partial charge in [-0.25, -0.2) is 9.36 Å². The molecule has 0 bridgehead atoms. The molecule has 0 saturated heterocycles. The molecule has 0 aliphatic carbocycles. The summed E-state index contributed by atoms with van der Waals surface area (Å²) in [5.74, 6) is -0.251. The minimum Gasteiger partial charge on any atom is -0.354 e. The van der Waals surface area contributed by atoms with E-state index in [-0.39, 0.29) is 11.5 Å². The van der Waals surface area contributed by atoms with Crippen molar-refractivity contribution in [2.24, 2.45) is 0 Å². The Labute approximate surface area is 163 Å². The molecule has 1 aromatic heterocycles. The zero-order valence-electron chi connectivity index (χ0n) is 16.7. The maximum atomic E-state index is 13.4. The van der Waals surface area contributed by atoms with Crippen LogP contribution in [0.2, 0.25) is 0 Å². The fraction of sp³-hybridized carbons (Fsp3) is 0.318. The first-order valence-electron chi connectivity index (χ1n) is 9.48. The topological polar surface area (TPSA) is 73.1 Å².